The molecule has 0 spiro atoms. The van der Waals surface area contributed by atoms with E-state index in [1.54, 1.807) is 12.1 Å². The Bertz CT molecular complexity index is 1190. The number of nitrogens with one attached hydrogen (secondary N) is 2. The van der Waals surface area contributed by atoms with E-state index in [1.807, 2.05) is 13.0 Å². The molecule has 8 nitrogen and oxygen atoms in total. The van der Waals surface area contributed by atoms with Gasteiger partial charge in [-0.15, -0.1) is 0 Å². The largest absolute Gasteiger partial charge is 0.618 e. The Hall–Kier alpha value is -3.53. The summed E-state index contributed by atoms with van der Waals surface area (Å²) in [6.45, 7) is 0.744. The average molecular weight is 464 g/mol. The summed E-state index contributed by atoms with van der Waals surface area (Å²) < 4.78 is 29.9. The van der Waals surface area contributed by atoms with Crippen molar-refractivity contribution in [3.05, 3.63) is 92.4 Å². The number of aromatic nitrogens is 3. The van der Waals surface area contributed by atoms with E-state index in [-0.39, 0.29) is 23.6 Å². The van der Waals surface area contributed by atoms with Crippen LogP contribution in [0.1, 0.15) is 16.8 Å². The van der Waals surface area contributed by atoms with Crippen molar-refractivity contribution in [1.29, 1.82) is 0 Å². The van der Waals surface area contributed by atoms with Gasteiger partial charge in [0.15, 0.2) is 12.0 Å². The highest BCUT2D eigenvalue weighted by Crippen LogP contribution is 2.24. The van der Waals surface area contributed by atoms with E-state index in [0.29, 0.717) is 5.02 Å². The summed E-state index contributed by atoms with van der Waals surface area (Å²) in [7, 11) is 0. The lowest BCUT2D eigenvalue weighted by Crippen LogP contribution is -2.41. The monoisotopic (exact) mass is 463 g/mol. The SMILES string of the molecule is Cc1ccc(Cl)cc1CNC(=O)Cn1ccnc(NCC(F)(F)c2cccc[n+]2[O-])c1=O. The number of carbonyl (C=O) groups is 1. The van der Waals surface area contributed by atoms with Gasteiger partial charge in [0.05, 0.1) is 6.54 Å². The minimum absolute atomic E-state index is 0.0599. The van der Waals surface area contributed by atoms with E-state index in [4.69, 9.17) is 11.6 Å². The first-order chi connectivity index (χ1) is 15.2. The molecular weight excluding hydrogens is 444 g/mol. The molecule has 1 amide bonds. The van der Waals surface area contributed by atoms with E-state index in [0.717, 1.165) is 28.0 Å². The van der Waals surface area contributed by atoms with Gasteiger partial charge in [-0.3, -0.25) is 9.59 Å². The number of pyridine rings is 1. The Balaban J connectivity index is 1.65. The average Bonchev–Trinajstić information content (AvgIpc) is 2.75. The van der Waals surface area contributed by atoms with Crippen LogP contribution in [0.4, 0.5) is 14.6 Å². The van der Waals surface area contributed by atoms with Crippen LogP contribution < -0.4 is 20.9 Å². The van der Waals surface area contributed by atoms with Crippen LogP contribution in [0.3, 0.4) is 0 Å². The second kappa shape index (κ2) is 9.73. The van der Waals surface area contributed by atoms with Gasteiger partial charge in [-0.05, 0) is 36.2 Å². The highest BCUT2D eigenvalue weighted by atomic mass is 35.5. The van der Waals surface area contributed by atoms with E-state index in [2.05, 4.69) is 15.6 Å². The van der Waals surface area contributed by atoms with Gasteiger partial charge < -0.3 is 20.4 Å². The molecule has 0 atom stereocenters. The highest BCUT2D eigenvalue weighted by molar-refractivity contribution is 6.30. The predicted octanol–water partition coefficient (Wildman–Crippen LogP) is 2.36. The van der Waals surface area contributed by atoms with Crippen LogP contribution in [0.15, 0.2) is 59.8 Å². The fourth-order valence-electron chi connectivity index (χ4n) is 2.92. The van der Waals surface area contributed by atoms with Crippen molar-refractivity contribution in [2.24, 2.45) is 0 Å². The molecule has 2 aromatic heterocycles. The fourth-order valence-corrected chi connectivity index (χ4v) is 3.12. The summed E-state index contributed by atoms with van der Waals surface area (Å²) in [6, 6.07) is 8.94. The van der Waals surface area contributed by atoms with Gasteiger partial charge in [0, 0.05) is 36.1 Å². The molecule has 2 heterocycles. The topological polar surface area (TPSA) is 103 Å². The Kier molecular flexibility index (Phi) is 7.04. The minimum atomic E-state index is -3.55. The third-order valence-electron chi connectivity index (χ3n) is 4.69. The number of rotatable bonds is 8. The zero-order chi connectivity index (χ0) is 23.3. The Morgan fingerprint density at radius 1 is 1.31 bits per heavy atom. The number of hydrogen-bond donors (Lipinski definition) is 2. The maximum atomic E-state index is 14.4. The van der Waals surface area contributed by atoms with Crippen molar-refractivity contribution in [2.75, 3.05) is 11.9 Å². The number of aryl methyl sites for hydroxylation is 1. The molecule has 0 unspecified atom stereocenters. The van der Waals surface area contributed by atoms with Crippen LogP contribution in [0.25, 0.3) is 0 Å². The Morgan fingerprint density at radius 3 is 2.84 bits per heavy atom. The zero-order valence-corrected chi connectivity index (χ0v) is 17.8. The second-order valence-corrected chi connectivity index (χ2v) is 7.46. The normalized spacial score (nSPS) is 11.2. The van der Waals surface area contributed by atoms with Crippen LogP contribution in [0.5, 0.6) is 0 Å². The molecule has 1 aromatic carbocycles. The van der Waals surface area contributed by atoms with E-state index in [9.17, 15) is 23.6 Å². The van der Waals surface area contributed by atoms with Crippen molar-refractivity contribution in [3.63, 3.8) is 0 Å². The third kappa shape index (κ3) is 5.58. The molecule has 11 heteroatoms. The molecule has 0 aliphatic carbocycles. The zero-order valence-electron chi connectivity index (χ0n) is 17.0. The Labute approximate surface area is 187 Å². The molecule has 3 aromatic rings. The van der Waals surface area contributed by atoms with Crippen LogP contribution in [-0.4, -0.2) is 22.0 Å². The van der Waals surface area contributed by atoms with Gasteiger partial charge in [0.25, 0.3) is 11.3 Å². The first kappa shape index (κ1) is 23.1. The van der Waals surface area contributed by atoms with Crippen molar-refractivity contribution in [3.8, 4) is 0 Å². The molecule has 2 N–H and O–H groups in total. The lowest BCUT2D eigenvalue weighted by molar-refractivity contribution is -0.624. The van der Waals surface area contributed by atoms with Gasteiger partial charge in [0.2, 0.25) is 5.91 Å². The van der Waals surface area contributed by atoms with Crippen LogP contribution in [-0.2, 0) is 23.8 Å². The first-order valence-electron chi connectivity index (χ1n) is 9.55. The standard InChI is InChI=1S/C21H20ClF2N5O3/c1-14-5-6-16(22)10-15(14)11-26-18(30)12-28-9-7-25-19(20(28)31)27-13-21(23,24)17-4-2-3-8-29(17)32/h2-10H,11-13H2,1H3,(H,25,27)(H,26,30). The summed E-state index contributed by atoms with van der Waals surface area (Å²) >= 11 is 5.97. The number of amides is 1. The molecule has 3 rings (SSSR count). The maximum Gasteiger partial charge on any atom is 0.347 e. The number of benzene rings is 1. The van der Waals surface area contributed by atoms with Gasteiger partial charge in [-0.2, -0.15) is 13.5 Å². The molecule has 168 valence electrons. The van der Waals surface area contributed by atoms with Gasteiger partial charge in [0.1, 0.15) is 6.54 Å². The number of halogens is 3. The van der Waals surface area contributed by atoms with Crippen molar-refractivity contribution >= 4 is 23.3 Å². The van der Waals surface area contributed by atoms with Gasteiger partial charge in [-0.25, -0.2) is 4.98 Å². The van der Waals surface area contributed by atoms with E-state index < -0.39 is 29.6 Å². The van der Waals surface area contributed by atoms with Crippen molar-refractivity contribution in [2.45, 2.75) is 25.9 Å². The van der Waals surface area contributed by atoms with Gasteiger partial charge in [-0.1, -0.05) is 17.7 Å². The molecule has 0 aliphatic heterocycles. The molecule has 0 aliphatic rings. The second-order valence-electron chi connectivity index (χ2n) is 7.03. The maximum absolute atomic E-state index is 14.4. The van der Waals surface area contributed by atoms with Crippen LogP contribution >= 0.6 is 11.6 Å². The number of anilines is 1. The number of carbonyl (C=O) groups excluding carboxylic acids is 1. The molecule has 0 saturated heterocycles. The summed E-state index contributed by atoms with van der Waals surface area (Å²) in [5.41, 5.74) is 0.259. The van der Waals surface area contributed by atoms with Crippen LogP contribution in [0, 0.1) is 12.1 Å². The van der Waals surface area contributed by atoms with Crippen molar-refractivity contribution < 1.29 is 18.3 Å². The lowest BCUT2D eigenvalue weighted by atomic mass is 10.1. The van der Waals surface area contributed by atoms with Crippen LogP contribution in [0.2, 0.25) is 5.02 Å². The van der Waals surface area contributed by atoms with Gasteiger partial charge >= 0.3 is 5.92 Å². The number of hydrogen-bond acceptors (Lipinski definition) is 5. The summed E-state index contributed by atoms with van der Waals surface area (Å²) in [5.74, 6) is -4.37. The smallest absolute Gasteiger partial charge is 0.347 e. The minimum Gasteiger partial charge on any atom is -0.618 e. The highest BCUT2D eigenvalue weighted by Gasteiger charge is 2.39. The predicted molar refractivity (Wildman–Crippen MR) is 114 cm³/mol. The van der Waals surface area contributed by atoms with E-state index in [1.165, 1.54) is 24.5 Å². The summed E-state index contributed by atoms with van der Waals surface area (Å²) in [6.07, 6.45) is 3.45. The molecule has 0 saturated carbocycles. The number of alkyl halides is 2. The Morgan fingerprint density at radius 2 is 2.09 bits per heavy atom. The summed E-state index contributed by atoms with van der Waals surface area (Å²) in [4.78, 5) is 28.6. The molecule has 0 fully saturated rings. The third-order valence-corrected chi connectivity index (χ3v) is 4.93. The molecule has 0 radical (unpaired) electrons. The van der Waals surface area contributed by atoms with E-state index >= 15 is 0 Å². The fraction of sp³-hybridized carbons (Fsp3) is 0.238. The molecule has 0 bridgehead atoms. The first-order valence-corrected chi connectivity index (χ1v) is 9.93. The molecular formula is C21H20ClF2N5O3. The quantitative estimate of drug-likeness (QED) is 0.394. The number of nitrogens with zero attached hydrogens (tertiary/aromatic N) is 3. The summed E-state index contributed by atoms with van der Waals surface area (Å²) in [5, 5.41) is 17.1. The van der Waals surface area contributed by atoms with Crippen molar-refractivity contribution in [1.82, 2.24) is 14.9 Å². The molecule has 32 heavy (non-hydrogen) atoms. The lowest BCUT2D eigenvalue weighted by Gasteiger charge is -2.16.